The average molecular weight is 481 g/mol. The zero-order chi connectivity index (χ0) is 22.8. The number of rotatable bonds is 7. The van der Waals surface area contributed by atoms with Gasteiger partial charge in [-0.1, -0.05) is 23.2 Å². The van der Waals surface area contributed by atoms with Crippen molar-refractivity contribution in [3.63, 3.8) is 0 Å². The third kappa shape index (κ3) is 5.38. The Hall–Kier alpha value is -1.82. The Balaban J connectivity index is 1.36. The number of quaternary nitrogens is 1. The predicted molar refractivity (Wildman–Crippen MR) is 124 cm³/mol. The van der Waals surface area contributed by atoms with Crippen molar-refractivity contribution in [2.45, 2.75) is 44.6 Å². The number of benzene rings is 2. The Morgan fingerprint density at radius 2 is 1.75 bits per heavy atom. The highest BCUT2D eigenvalue weighted by atomic mass is 35.5. The second kappa shape index (κ2) is 9.98. The third-order valence-corrected chi connectivity index (χ3v) is 7.18. The van der Waals surface area contributed by atoms with Crippen molar-refractivity contribution >= 4 is 29.2 Å². The third-order valence-electron chi connectivity index (χ3n) is 6.74. The van der Waals surface area contributed by atoms with E-state index < -0.39 is 11.8 Å². The number of carbonyl (C=O) groups excluding carboxylic acids is 1. The summed E-state index contributed by atoms with van der Waals surface area (Å²) in [6, 6.07) is 9.02. The van der Waals surface area contributed by atoms with E-state index in [2.05, 4.69) is 6.92 Å². The van der Waals surface area contributed by atoms with Crippen LogP contribution in [0.5, 0.6) is 5.75 Å². The van der Waals surface area contributed by atoms with Crippen molar-refractivity contribution in [2.75, 3.05) is 26.8 Å². The van der Waals surface area contributed by atoms with Gasteiger partial charge in [-0.3, -0.25) is 0 Å². The highest BCUT2D eigenvalue weighted by molar-refractivity contribution is 6.34. The van der Waals surface area contributed by atoms with Gasteiger partial charge < -0.3 is 14.4 Å². The maximum absolute atomic E-state index is 14.5. The molecule has 7 heteroatoms. The molecule has 172 valence electrons. The van der Waals surface area contributed by atoms with E-state index in [4.69, 9.17) is 32.7 Å². The number of ether oxygens (including phenoxy) is 2. The van der Waals surface area contributed by atoms with Crippen molar-refractivity contribution in [2.24, 2.45) is 5.92 Å². The zero-order valence-electron chi connectivity index (χ0n) is 18.4. The molecule has 1 saturated heterocycles. The number of esters is 1. The molecule has 4 rings (SSSR count). The van der Waals surface area contributed by atoms with E-state index in [1.54, 1.807) is 12.1 Å². The second-order valence-electron chi connectivity index (χ2n) is 8.97. The molecule has 1 aliphatic heterocycles. The van der Waals surface area contributed by atoms with E-state index in [0.717, 1.165) is 49.9 Å². The van der Waals surface area contributed by atoms with Crippen LogP contribution in [0.25, 0.3) is 0 Å². The fourth-order valence-corrected chi connectivity index (χ4v) is 5.14. The molecule has 0 bridgehead atoms. The van der Waals surface area contributed by atoms with Crippen LogP contribution in [0.15, 0.2) is 30.3 Å². The van der Waals surface area contributed by atoms with E-state index in [1.165, 1.54) is 18.1 Å². The number of piperidine rings is 1. The summed E-state index contributed by atoms with van der Waals surface area (Å²) in [6.07, 6.45) is 4.15. The van der Waals surface area contributed by atoms with Gasteiger partial charge in [-0.05, 0) is 55.5 Å². The Morgan fingerprint density at radius 1 is 1.09 bits per heavy atom. The summed E-state index contributed by atoms with van der Waals surface area (Å²) >= 11 is 12.4. The Bertz CT molecular complexity index is 967. The van der Waals surface area contributed by atoms with Gasteiger partial charge in [0.25, 0.3) is 0 Å². The Morgan fingerprint density at radius 3 is 2.34 bits per heavy atom. The first-order valence-electron chi connectivity index (χ1n) is 11.2. The molecule has 0 radical (unpaired) electrons. The van der Waals surface area contributed by atoms with Crippen LogP contribution in [-0.2, 0) is 4.74 Å². The van der Waals surface area contributed by atoms with Crippen LogP contribution in [0.1, 0.15) is 66.1 Å². The smallest absolute Gasteiger partial charge is 0.340 e. The lowest BCUT2D eigenvalue weighted by atomic mass is 9.95. The number of hydrogen-bond donors (Lipinski definition) is 1. The molecule has 1 aliphatic carbocycles. The highest BCUT2D eigenvalue weighted by Gasteiger charge is 2.31. The van der Waals surface area contributed by atoms with Crippen LogP contribution in [0.3, 0.4) is 0 Å². The second-order valence-corrected chi connectivity index (χ2v) is 9.85. The first-order valence-corrected chi connectivity index (χ1v) is 12.0. The van der Waals surface area contributed by atoms with Gasteiger partial charge in [0.1, 0.15) is 17.6 Å². The number of hydrogen-bond acceptors (Lipinski definition) is 3. The molecule has 0 amide bonds. The maximum Gasteiger partial charge on any atom is 0.340 e. The van der Waals surface area contributed by atoms with Crippen molar-refractivity contribution in [1.29, 1.82) is 0 Å². The maximum atomic E-state index is 14.5. The summed E-state index contributed by atoms with van der Waals surface area (Å²) < 4.78 is 25.3. The normalized spacial score (nSPS) is 21.8. The van der Waals surface area contributed by atoms with E-state index in [1.807, 2.05) is 12.1 Å². The first kappa shape index (κ1) is 23.3. The largest absolute Gasteiger partial charge is 0.493 e. The summed E-state index contributed by atoms with van der Waals surface area (Å²) in [7, 11) is 1.26. The highest BCUT2D eigenvalue weighted by Crippen LogP contribution is 2.45. The van der Waals surface area contributed by atoms with Crippen LogP contribution >= 0.6 is 23.2 Å². The molecule has 0 spiro atoms. The van der Waals surface area contributed by atoms with Gasteiger partial charge in [-0.2, -0.15) is 0 Å². The molecule has 2 aliphatic rings. The minimum absolute atomic E-state index is 0.0197. The molecule has 0 unspecified atom stereocenters. The first-order chi connectivity index (χ1) is 15.4. The SMILES string of the molecule is COC(=O)c1cc(C2CC2)c(OCC2CC[NH+]([C@@H](C)c3cc(Cl)cc(Cl)c3)CC2)cc1F. The van der Waals surface area contributed by atoms with Gasteiger partial charge in [0.2, 0.25) is 0 Å². The molecule has 2 aromatic carbocycles. The molecule has 2 fully saturated rings. The molecular weight excluding hydrogens is 452 g/mol. The van der Waals surface area contributed by atoms with Gasteiger partial charge in [-0.15, -0.1) is 0 Å². The predicted octanol–water partition coefficient (Wildman–Crippen LogP) is 5.23. The van der Waals surface area contributed by atoms with Gasteiger partial charge in [0, 0.05) is 40.4 Å². The molecule has 2 aromatic rings. The lowest BCUT2D eigenvalue weighted by molar-refractivity contribution is -0.935. The van der Waals surface area contributed by atoms with Gasteiger partial charge in [-0.25, -0.2) is 9.18 Å². The summed E-state index contributed by atoms with van der Waals surface area (Å²) in [5.74, 6) is 0.0789. The minimum Gasteiger partial charge on any atom is -0.493 e. The number of methoxy groups -OCH3 is 1. The lowest BCUT2D eigenvalue weighted by Gasteiger charge is -2.33. The Kier molecular flexibility index (Phi) is 7.28. The molecule has 1 saturated carbocycles. The molecule has 0 aromatic heterocycles. The number of likely N-dealkylation sites (tertiary alicyclic amines) is 1. The Labute approximate surface area is 198 Å². The van der Waals surface area contributed by atoms with Crippen LogP contribution in [0, 0.1) is 11.7 Å². The van der Waals surface area contributed by atoms with Crippen molar-refractivity contribution in [3.8, 4) is 5.75 Å². The molecule has 32 heavy (non-hydrogen) atoms. The quantitative estimate of drug-likeness (QED) is 0.551. The number of carbonyl (C=O) groups is 1. The fraction of sp³-hybridized carbons (Fsp3) is 0.480. The van der Waals surface area contributed by atoms with Crippen molar-refractivity contribution < 1.29 is 23.6 Å². The van der Waals surface area contributed by atoms with E-state index in [9.17, 15) is 9.18 Å². The van der Waals surface area contributed by atoms with E-state index in [-0.39, 0.29) is 5.56 Å². The van der Waals surface area contributed by atoms with Crippen molar-refractivity contribution in [3.05, 3.63) is 62.9 Å². The van der Waals surface area contributed by atoms with E-state index >= 15 is 0 Å². The molecule has 1 atom stereocenters. The summed E-state index contributed by atoms with van der Waals surface area (Å²) in [4.78, 5) is 13.4. The standard InChI is InChI=1S/C25H28Cl2FNO3/c1-15(18-9-19(26)11-20(27)10-18)29-7-5-16(6-8-29)14-32-24-13-23(28)22(25(30)31-2)12-21(24)17-3-4-17/h9-13,15-17H,3-8,14H2,1-2H3/p+1/t15-/m0/s1. The van der Waals surface area contributed by atoms with Gasteiger partial charge in [0.15, 0.2) is 0 Å². The summed E-state index contributed by atoms with van der Waals surface area (Å²) in [5.41, 5.74) is 2.05. The van der Waals surface area contributed by atoms with Crippen LogP contribution in [0.4, 0.5) is 4.39 Å². The van der Waals surface area contributed by atoms with Gasteiger partial charge in [0.05, 0.1) is 32.4 Å². The van der Waals surface area contributed by atoms with Gasteiger partial charge >= 0.3 is 5.97 Å². The van der Waals surface area contributed by atoms with Crippen LogP contribution < -0.4 is 9.64 Å². The lowest BCUT2D eigenvalue weighted by Crippen LogP contribution is -3.13. The zero-order valence-corrected chi connectivity index (χ0v) is 19.9. The summed E-state index contributed by atoms with van der Waals surface area (Å²) in [6.45, 7) is 4.83. The fourth-order valence-electron chi connectivity index (χ4n) is 4.59. The molecule has 1 heterocycles. The van der Waals surface area contributed by atoms with Crippen molar-refractivity contribution in [1.82, 2.24) is 0 Å². The van der Waals surface area contributed by atoms with E-state index in [0.29, 0.717) is 40.3 Å². The average Bonchev–Trinajstić information content (AvgIpc) is 3.61. The molecular formula is C25H29Cl2FNO3+. The minimum atomic E-state index is -0.651. The monoisotopic (exact) mass is 480 g/mol. The topological polar surface area (TPSA) is 40.0 Å². The number of nitrogens with one attached hydrogen (secondary N) is 1. The van der Waals surface area contributed by atoms with Crippen LogP contribution in [0.2, 0.25) is 10.0 Å². The van der Waals surface area contributed by atoms with Crippen LogP contribution in [-0.4, -0.2) is 32.8 Å². The molecule has 4 nitrogen and oxygen atoms in total. The number of halogens is 3. The summed E-state index contributed by atoms with van der Waals surface area (Å²) in [5, 5.41) is 1.33. The molecule has 1 N–H and O–H groups in total.